The van der Waals surface area contributed by atoms with E-state index in [0.29, 0.717) is 0 Å². The van der Waals surface area contributed by atoms with Crippen LogP contribution in [0, 0.1) is 0 Å². The first-order chi connectivity index (χ1) is 10.9. The number of H-pyrrole nitrogens is 1. The third-order valence-electron chi connectivity index (χ3n) is 4.08. The van der Waals surface area contributed by atoms with E-state index in [1.807, 2.05) is 0 Å². The second kappa shape index (κ2) is 6.19. The van der Waals surface area contributed by atoms with Gasteiger partial charge in [-0.3, -0.25) is 9.59 Å². The molecular weight excluding hydrogens is 318 g/mol. The number of aromatic nitrogens is 1. The van der Waals surface area contributed by atoms with Gasteiger partial charge in [0.25, 0.3) is 11.5 Å². The third kappa shape index (κ3) is 3.64. The number of pyridine rings is 1. The maximum Gasteiger partial charge on any atom is 0.262 e. The molecule has 3 rings (SSSR count). The highest BCUT2D eigenvalue weighted by Crippen LogP contribution is 2.16. The molecule has 1 aromatic heterocycles. The van der Waals surface area contributed by atoms with Crippen LogP contribution >= 0.6 is 0 Å². The number of nitrogens with one attached hydrogen (secondary N) is 2. The summed E-state index contributed by atoms with van der Waals surface area (Å²) in [6.07, 6.45) is 4.79. The van der Waals surface area contributed by atoms with E-state index in [1.165, 1.54) is 18.6 Å². The molecule has 2 aliphatic rings. The van der Waals surface area contributed by atoms with Gasteiger partial charge in [0.15, 0.2) is 9.84 Å². The third-order valence-corrected chi connectivity index (χ3v) is 5.48. The van der Waals surface area contributed by atoms with E-state index in [4.69, 9.17) is 0 Å². The van der Waals surface area contributed by atoms with E-state index in [9.17, 15) is 18.0 Å². The van der Waals surface area contributed by atoms with E-state index >= 15 is 0 Å². The van der Waals surface area contributed by atoms with Gasteiger partial charge in [-0.2, -0.15) is 0 Å². The largest absolute Gasteiger partial charge is 0.358 e. The molecule has 3 heterocycles. The fourth-order valence-corrected chi connectivity index (χ4v) is 4.11. The van der Waals surface area contributed by atoms with Gasteiger partial charge in [0.2, 0.25) is 0 Å². The van der Waals surface area contributed by atoms with Gasteiger partial charge < -0.3 is 15.2 Å². The van der Waals surface area contributed by atoms with Crippen molar-refractivity contribution >= 4 is 21.6 Å². The molecule has 1 atom stereocenters. The molecule has 0 aromatic carbocycles. The first-order valence-corrected chi connectivity index (χ1v) is 9.36. The van der Waals surface area contributed by atoms with Crippen molar-refractivity contribution in [3.63, 3.8) is 0 Å². The van der Waals surface area contributed by atoms with E-state index in [1.54, 1.807) is 6.07 Å². The van der Waals surface area contributed by atoms with Crippen molar-refractivity contribution in [2.45, 2.75) is 25.3 Å². The number of piperidine rings is 1. The molecule has 0 saturated carbocycles. The van der Waals surface area contributed by atoms with Crippen molar-refractivity contribution in [2.75, 3.05) is 23.7 Å². The maximum absolute atomic E-state index is 12.1. The summed E-state index contributed by atoms with van der Waals surface area (Å²) in [6.45, 7) is 1.79. The molecule has 0 spiro atoms. The molecule has 0 radical (unpaired) electrons. The molecule has 8 heteroatoms. The first kappa shape index (κ1) is 15.8. The van der Waals surface area contributed by atoms with Gasteiger partial charge in [0.05, 0.1) is 11.8 Å². The number of carbonyl (C=O) groups is 1. The van der Waals surface area contributed by atoms with Crippen LogP contribution in [0.1, 0.15) is 29.6 Å². The maximum atomic E-state index is 12.1. The zero-order valence-corrected chi connectivity index (χ0v) is 13.4. The van der Waals surface area contributed by atoms with Crippen molar-refractivity contribution in [1.29, 1.82) is 0 Å². The lowest BCUT2D eigenvalue weighted by Gasteiger charge is -2.28. The summed E-state index contributed by atoms with van der Waals surface area (Å²) in [5, 5.41) is 3.64. The Kier molecular flexibility index (Phi) is 4.25. The summed E-state index contributed by atoms with van der Waals surface area (Å²) in [5.74, 6) is -0.0135. The Morgan fingerprint density at radius 3 is 2.57 bits per heavy atom. The van der Waals surface area contributed by atoms with Gasteiger partial charge in [-0.1, -0.05) is 0 Å². The van der Waals surface area contributed by atoms with Crippen LogP contribution in [-0.4, -0.2) is 44.2 Å². The standard InChI is InChI=1S/C15H19N3O4S/c19-14(16-11-6-9-23(21,22)10-11)12-4-5-13(17-15(12)20)18-7-2-1-3-8-18/h4-6,9,11H,1-3,7-8,10H2,(H,16,19)(H,17,20). The number of amides is 1. The fraction of sp³-hybridized carbons (Fsp3) is 0.467. The molecule has 1 saturated heterocycles. The normalized spacial score (nSPS) is 23.0. The highest BCUT2D eigenvalue weighted by atomic mass is 32.2. The Bertz CT molecular complexity index is 791. The Morgan fingerprint density at radius 1 is 1.22 bits per heavy atom. The van der Waals surface area contributed by atoms with Crippen LogP contribution in [-0.2, 0) is 9.84 Å². The Hall–Kier alpha value is -2.09. The van der Waals surface area contributed by atoms with Crippen molar-refractivity contribution in [3.8, 4) is 0 Å². The van der Waals surface area contributed by atoms with Crippen molar-refractivity contribution < 1.29 is 13.2 Å². The molecule has 1 amide bonds. The van der Waals surface area contributed by atoms with Gasteiger partial charge in [-0.15, -0.1) is 0 Å². The van der Waals surface area contributed by atoms with Crippen LogP contribution in [0.5, 0.6) is 0 Å². The zero-order valence-electron chi connectivity index (χ0n) is 12.6. The monoisotopic (exact) mass is 337 g/mol. The number of rotatable bonds is 3. The van der Waals surface area contributed by atoms with Crippen LogP contribution in [0.15, 0.2) is 28.4 Å². The number of sulfone groups is 1. The van der Waals surface area contributed by atoms with E-state index in [2.05, 4.69) is 15.2 Å². The zero-order chi connectivity index (χ0) is 16.4. The molecule has 1 fully saturated rings. The second-order valence-corrected chi connectivity index (χ2v) is 7.80. The molecule has 2 aliphatic heterocycles. The summed E-state index contributed by atoms with van der Waals surface area (Å²) in [6, 6.07) is 2.63. The summed E-state index contributed by atoms with van der Waals surface area (Å²) < 4.78 is 22.7. The molecular formula is C15H19N3O4S. The predicted octanol–water partition coefficient (Wildman–Crippen LogP) is 0.406. The number of hydrogen-bond acceptors (Lipinski definition) is 5. The smallest absolute Gasteiger partial charge is 0.262 e. The summed E-state index contributed by atoms with van der Waals surface area (Å²) in [7, 11) is -3.24. The Morgan fingerprint density at radius 2 is 1.96 bits per heavy atom. The van der Waals surface area contributed by atoms with Crippen molar-refractivity contribution in [1.82, 2.24) is 10.3 Å². The van der Waals surface area contributed by atoms with Gasteiger partial charge in [0.1, 0.15) is 11.4 Å². The topological polar surface area (TPSA) is 99.3 Å². The van der Waals surface area contributed by atoms with Gasteiger partial charge in [-0.25, -0.2) is 8.42 Å². The van der Waals surface area contributed by atoms with Gasteiger partial charge >= 0.3 is 0 Å². The molecule has 0 bridgehead atoms. The SMILES string of the molecule is O=C(NC1C=CS(=O)(=O)C1)c1ccc(N2CCCCC2)[nH]c1=O. The van der Waals surface area contributed by atoms with E-state index < -0.39 is 27.3 Å². The summed E-state index contributed by atoms with van der Waals surface area (Å²) in [4.78, 5) is 29.1. The highest BCUT2D eigenvalue weighted by Gasteiger charge is 2.24. The Balaban J connectivity index is 1.71. The van der Waals surface area contributed by atoms with Crippen molar-refractivity contribution in [2.24, 2.45) is 0 Å². The van der Waals surface area contributed by atoms with Crippen LogP contribution in [0.4, 0.5) is 5.82 Å². The average Bonchev–Trinajstić information content (AvgIpc) is 2.86. The van der Waals surface area contributed by atoms with Crippen LogP contribution in [0.3, 0.4) is 0 Å². The number of anilines is 1. The Labute approximate surface area is 134 Å². The van der Waals surface area contributed by atoms with Crippen LogP contribution in [0.2, 0.25) is 0 Å². The number of hydrogen-bond donors (Lipinski definition) is 2. The summed E-state index contributed by atoms with van der Waals surface area (Å²) >= 11 is 0. The predicted molar refractivity (Wildman–Crippen MR) is 87.3 cm³/mol. The molecule has 2 N–H and O–H groups in total. The number of carbonyl (C=O) groups excluding carboxylic acids is 1. The number of aromatic amines is 1. The molecule has 0 aliphatic carbocycles. The molecule has 124 valence electrons. The van der Waals surface area contributed by atoms with Gasteiger partial charge in [0, 0.05) is 18.5 Å². The van der Waals surface area contributed by atoms with Gasteiger partial charge in [-0.05, 0) is 37.5 Å². The minimum Gasteiger partial charge on any atom is -0.358 e. The van der Waals surface area contributed by atoms with Crippen LogP contribution < -0.4 is 15.8 Å². The molecule has 1 aromatic rings. The fourth-order valence-electron chi connectivity index (χ4n) is 2.87. The van der Waals surface area contributed by atoms with E-state index in [-0.39, 0.29) is 11.3 Å². The lowest BCUT2D eigenvalue weighted by Crippen LogP contribution is -2.38. The van der Waals surface area contributed by atoms with Crippen molar-refractivity contribution in [3.05, 3.63) is 39.5 Å². The lowest BCUT2D eigenvalue weighted by molar-refractivity contribution is 0.0946. The second-order valence-electron chi connectivity index (χ2n) is 5.87. The highest BCUT2D eigenvalue weighted by molar-refractivity contribution is 7.94. The van der Waals surface area contributed by atoms with Crippen LogP contribution in [0.25, 0.3) is 0 Å². The minimum atomic E-state index is -3.24. The first-order valence-electron chi connectivity index (χ1n) is 7.65. The van der Waals surface area contributed by atoms with E-state index in [0.717, 1.165) is 37.2 Å². The summed E-state index contributed by atoms with van der Waals surface area (Å²) in [5.41, 5.74) is -0.473. The molecule has 1 unspecified atom stereocenters. The lowest BCUT2D eigenvalue weighted by atomic mass is 10.1. The minimum absolute atomic E-state index is 0.0107. The number of nitrogens with zero attached hydrogens (tertiary/aromatic N) is 1. The average molecular weight is 337 g/mol. The molecule has 7 nitrogen and oxygen atoms in total. The quantitative estimate of drug-likeness (QED) is 0.832. The molecule has 23 heavy (non-hydrogen) atoms.